The summed E-state index contributed by atoms with van der Waals surface area (Å²) in [5, 5.41) is 0. The van der Waals surface area contributed by atoms with Crippen molar-refractivity contribution < 1.29 is 9.47 Å². The highest BCUT2D eigenvalue weighted by atomic mass is 79.9. The summed E-state index contributed by atoms with van der Waals surface area (Å²) in [6, 6.07) is 8.04. The maximum atomic E-state index is 5.68. The molecule has 2 nitrogen and oxygen atoms in total. The van der Waals surface area contributed by atoms with E-state index in [0.29, 0.717) is 0 Å². The molecule has 1 heterocycles. The van der Waals surface area contributed by atoms with E-state index in [2.05, 4.69) is 22.9 Å². The predicted octanol–water partition coefficient (Wildman–Crippen LogP) is 3.27. The first kappa shape index (κ1) is 10.1. The Labute approximate surface area is 92.3 Å². The predicted molar refractivity (Wildman–Crippen MR) is 58.0 cm³/mol. The van der Waals surface area contributed by atoms with Crippen LogP contribution in [-0.4, -0.2) is 12.7 Å². The van der Waals surface area contributed by atoms with E-state index in [0.717, 1.165) is 23.1 Å². The zero-order valence-electron chi connectivity index (χ0n) is 8.07. The molecule has 0 saturated carbocycles. The lowest BCUT2D eigenvalue weighted by atomic mass is 10.2. The molecule has 1 saturated heterocycles. The first-order valence-electron chi connectivity index (χ1n) is 4.78. The molecule has 2 atom stereocenters. The van der Waals surface area contributed by atoms with E-state index in [-0.39, 0.29) is 12.4 Å². The van der Waals surface area contributed by atoms with Gasteiger partial charge in [-0.15, -0.1) is 0 Å². The molecule has 1 aromatic carbocycles. The third-order valence-corrected chi connectivity index (χ3v) is 2.76. The third kappa shape index (κ3) is 2.35. The van der Waals surface area contributed by atoms with Crippen molar-refractivity contribution in [3.05, 3.63) is 34.3 Å². The molecule has 1 aliphatic rings. The quantitative estimate of drug-likeness (QED) is 0.768. The fourth-order valence-corrected chi connectivity index (χ4v) is 1.90. The van der Waals surface area contributed by atoms with Gasteiger partial charge in [0.25, 0.3) is 0 Å². The second kappa shape index (κ2) is 4.43. The third-order valence-electron chi connectivity index (χ3n) is 2.27. The molecule has 14 heavy (non-hydrogen) atoms. The van der Waals surface area contributed by atoms with Gasteiger partial charge in [-0.3, -0.25) is 0 Å². The largest absolute Gasteiger partial charge is 0.348 e. The Morgan fingerprint density at radius 2 is 2.29 bits per heavy atom. The summed E-state index contributed by atoms with van der Waals surface area (Å²) in [4.78, 5) is 0. The SMILES string of the molecule is CC1CCOC(c2cccc(Br)c2)O1. The van der Waals surface area contributed by atoms with E-state index >= 15 is 0 Å². The van der Waals surface area contributed by atoms with Crippen molar-refractivity contribution in [1.29, 1.82) is 0 Å². The van der Waals surface area contributed by atoms with Gasteiger partial charge in [0.05, 0.1) is 12.7 Å². The molecule has 1 fully saturated rings. The van der Waals surface area contributed by atoms with E-state index in [9.17, 15) is 0 Å². The molecule has 0 aromatic heterocycles. The van der Waals surface area contributed by atoms with Crippen LogP contribution in [0.15, 0.2) is 28.7 Å². The molecule has 1 aromatic rings. The van der Waals surface area contributed by atoms with Gasteiger partial charge >= 0.3 is 0 Å². The highest BCUT2D eigenvalue weighted by Crippen LogP contribution is 2.27. The van der Waals surface area contributed by atoms with Gasteiger partial charge in [0.2, 0.25) is 0 Å². The van der Waals surface area contributed by atoms with Crippen molar-refractivity contribution >= 4 is 15.9 Å². The van der Waals surface area contributed by atoms with Crippen molar-refractivity contribution in [2.24, 2.45) is 0 Å². The van der Waals surface area contributed by atoms with Gasteiger partial charge in [-0.1, -0.05) is 28.1 Å². The first-order chi connectivity index (χ1) is 6.75. The Morgan fingerprint density at radius 3 is 3.00 bits per heavy atom. The average Bonchev–Trinajstić information content (AvgIpc) is 2.18. The van der Waals surface area contributed by atoms with E-state index in [1.54, 1.807) is 0 Å². The summed E-state index contributed by atoms with van der Waals surface area (Å²) in [6.45, 7) is 2.85. The van der Waals surface area contributed by atoms with E-state index in [4.69, 9.17) is 9.47 Å². The van der Waals surface area contributed by atoms with Gasteiger partial charge in [-0.25, -0.2) is 0 Å². The van der Waals surface area contributed by atoms with Crippen LogP contribution >= 0.6 is 15.9 Å². The zero-order valence-corrected chi connectivity index (χ0v) is 9.66. The Bertz CT molecular complexity index is 314. The number of hydrogen-bond acceptors (Lipinski definition) is 2. The highest BCUT2D eigenvalue weighted by Gasteiger charge is 2.21. The van der Waals surface area contributed by atoms with Crippen LogP contribution in [0.25, 0.3) is 0 Å². The Hall–Kier alpha value is -0.380. The van der Waals surface area contributed by atoms with Crippen molar-refractivity contribution in [2.45, 2.75) is 25.7 Å². The van der Waals surface area contributed by atoms with Crippen LogP contribution < -0.4 is 0 Å². The van der Waals surface area contributed by atoms with E-state index in [1.165, 1.54) is 0 Å². The lowest BCUT2D eigenvalue weighted by Gasteiger charge is -2.28. The number of rotatable bonds is 1. The number of benzene rings is 1. The van der Waals surface area contributed by atoms with Crippen LogP contribution in [0.2, 0.25) is 0 Å². The monoisotopic (exact) mass is 256 g/mol. The molecule has 0 N–H and O–H groups in total. The summed E-state index contributed by atoms with van der Waals surface area (Å²) < 4.78 is 12.3. The number of hydrogen-bond donors (Lipinski definition) is 0. The molecule has 0 bridgehead atoms. The fraction of sp³-hybridized carbons (Fsp3) is 0.455. The highest BCUT2D eigenvalue weighted by molar-refractivity contribution is 9.10. The Balaban J connectivity index is 2.14. The summed E-state index contributed by atoms with van der Waals surface area (Å²) in [7, 11) is 0. The van der Waals surface area contributed by atoms with Crippen molar-refractivity contribution in [3.63, 3.8) is 0 Å². The maximum Gasteiger partial charge on any atom is 0.184 e. The fourth-order valence-electron chi connectivity index (χ4n) is 1.49. The summed E-state index contributed by atoms with van der Waals surface area (Å²) in [5.41, 5.74) is 1.07. The molecule has 0 spiro atoms. The van der Waals surface area contributed by atoms with Crippen LogP contribution in [0.1, 0.15) is 25.2 Å². The van der Waals surface area contributed by atoms with Crippen molar-refractivity contribution in [2.75, 3.05) is 6.61 Å². The topological polar surface area (TPSA) is 18.5 Å². The molecule has 3 heteroatoms. The van der Waals surface area contributed by atoms with Gasteiger partial charge in [0, 0.05) is 10.0 Å². The zero-order chi connectivity index (χ0) is 9.97. The van der Waals surface area contributed by atoms with Crippen LogP contribution in [-0.2, 0) is 9.47 Å². The molecule has 2 unspecified atom stereocenters. The van der Waals surface area contributed by atoms with Crippen LogP contribution in [0.4, 0.5) is 0 Å². The molecular formula is C11H13BrO2. The summed E-state index contributed by atoms with van der Waals surface area (Å²) in [5.74, 6) is 0. The number of halogens is 1. The molecular weight excluding hydrogens is 244 g/mol. The minimum absolute atomic E-state index is 0.198. The second-order valence-corrected chi connectivity index (χ2v) is 4.41. The lowest BCUT2D eigenvalue weighted by Crippen LogP contribution is -2.24. The van der Waals surface area contributed by atoms with Gasteiger partial charge in [-0.05, 0) is 25.5 Å². The van der Waals surface area contributed by atoms with Crippen molar-refractivity contribution in [3.8, 4) is 0 Å². The van der Waals surface area contributed by atoms with Crippen molar-refractivity contribution in [1.82, 2.24) is 0 Å². The van der Waals surface area contributed by atoms with Gasteiger partial charge in [0.15, 0.2) is 6.29 Å². The Kier molecular flexibility index (Phi) is 3.21. The van der Waals surface area contributed by atoms with Crippen LogP contribution in [0, 0.1) is 0 Å². The molecule has 1 aliphatic heterocycles. The first-order valence-corrected chi connectivity index (χ1v) is 5.57. The maximum absolute atomic E-state index is 5.68. The van der Waals surface area contributed by atoms with E-state index in [1.807, 2.05) is 24.3 Å². The molecule has 2 rings (SSSR count). The summed E-state index contributed by atoms with van der Waals surface area (Å²) >= 11 is 3.43. The van der Waals surface area contributed by atoms with Gasteiger partial charge in [0.1, 0.15) is 0 Å². The lowest BCUT2D eigenvalue weighted by molar-refractivity contribution is -0.212. The standard InChI is InChI=1S/C11H13BrO2/c1-8-5-6-13-11(14-8)9-3-2-4-10(12)7-9/h2-4,7-8,11H,5-6H2,1H3. The molecule has 0 amide bonds. The average molecular weight is 257 g/mol. The second-order valence-electron chi connectivity index (χ2n) is 3.49. The molecule has 76 valence electrons. The Morgan fingerprint density at radius 1 is 1.43 bits per heavy atom. The van der Waals surface area contributed by atoms with Gasteiger partial charge in [-0.2, -0.15) is 0 Å². The van der Waals surface area contributed by atoms with E-state index < -0.39 is 0 Å². The smallest absolute Gasteiger partial charge is 0.184 e. The summed E-state index contributed by atoms with van der Waals surface area (Å²) in [6.07, 6.45) is 1.06. The minimum Gasteiger partial charge on any atom is -0.348 e. The molecule has 0 radical (unpaired) electrons. The normalized spacial score (nSPS) is 27.6. The molecule has 0 aliphatic carbocycles. The minimum atomic E-state index is -0.198. The van der Waals surface area contributed by atoms with Gasteiger partial charge < -0.3 is 9.47 Å². The number of ether oxygens (including phenoxy) is 2. The van der Waals surface area contributed by atoms with Crippen LogP contribution in [0.5, 0.6) is 0 Å². The van der Waals surface area contributed by atoms with Crippen LogP contribution in [0.3, 0.4) is 0 Å².